The standard InChI is InChI=1S/C21H28O3/c1-14-18-16(13-22)12-21(19(18)24-4,20(14,2)3)17(23)11-10-15-8-6-5-7-9-15/h5-9,16,18-19,22H,1,10-13H2,2-4H3/t16-,18+,19+,21+/m1/s1. The van der Waals surface area contributed by atoms with Gasteiger partial charge in [-0.1, -0.05) is 56.3 Å². The molecule has 0 saturated heterocycles. The van der Waals surface area contributed by atoms with E-state index >= 15 is 0 Å². The Hall–Kier alpha value is -1.45. The van der Waals surface area contributed by atoms with E-state index in [4.69, 9.17) is 4.74 Å². The van der Waals surface area contributed by atoms with E-state index in [1.54, 1.807) is 7.11 Å². The van der Waals surface area contributed by atoms with Crippen molar-refractivity contribution in [3.63, 3.8) is 0 Å². The highest BCUT2D eigenvalue weighted by atomic mass is 16.5. The first-order chi connectivity index (χ1) is 11.4. The van der Waals surface area contributed by atoms with Crippen molar-refractivity contribution in [1.29, 1.82) is 0 Å². The van der Waals surface area contributed by atoms with Crippen molar-refractivity contribution < 1.29 is 14.6 Å². The maximum Gasteiger partial charge on any atom is 0.142 e. The van der Waals surface area contributed by atoms with Crippen LogP contribution in [0, 0.1) is 22.7 Å². The number of aryl methyl sites for hydroxylation is 1. The van der Waals surface area contributed by atoms with Crippen LogP contribution in [0.15, 0.2) is 42.5 Å². The molecular weight excluding hydrogens is 300 g/mol. The summed E-state index contributed by atoms with van der Waals surface area (Å²) in [7, 11) is 1.69. The van der Waals surface area contributed by atoms with E-state index in [-0.39, 0.29) is 35.7 Å². The minimum Gasteiger partial charge on any atom is -0.396 e. The molecule has 3 heteroatoms. The maximum absolute atomic E-state index is 13.4. The van der Waals surface area contributed by atoms with Crippen LogP contribution in [-0.2, 0) is 16.0 Å². The van der Waals surface area contributed by atoms with Gasteiger partial charge in [0.05, 0.1) is 11.5 Å². The fourth-order valence-corrected chi connectivity index (χ4v) is 5.26. The van der Waals surface area contributed by atoms with Crippen LogP contribution in [0.3, 0.4) is 0 Å². The molecule has 24 heavy (non-hydrogen) atoms. The largest absolute Gasteiger partial charge is 0.396 e. The zero-order chi connectivity index (χ0) is 17.5. The predicted octanol–water partition coefficient (Wildman–Crippen LogP) is 3.41. The number of ketones is 1. The number of aliphatic hydroxyl groups excluding tert-OH is 1. The molecule has 0 heterocycles. The average molecular weight is 328 g/mol. The molecule has 0 aliphatic heterocycles. The first-order valence-corrected chi connectivity index (χ1v) is 8.80. The number of hydrogen-bond donors (Lipinski definition) is 1. The Balaban J connectivity index is 1.90. The van der Waals surface area contributed by atoms with Gasteiger partial charge in [0.1, 0.15) is 5.78 Å². The molecule has 1 N–H and O–H groups in total. The average Bonchev–Trinajstić information content (AvgIpc) is 3.02. The molecule has 0 amide bonds. The molecule has 1 aromatic carbocycles. The van der Waals surface area contributed by atoms with Crippen LogP contribution in [0.25, 0.3) is 0 Å². The van der Waals surface area contributed by atoms with E-state index < -0.39 is 5.41 Å². The zero-order valence-electron chi connectivity index (χ0n) is 14.9. The Morgan fingerprint density at radius 3 is 2.58 bits per heavy atom. The molecule has 4 atom stereocenters. The van der Waals surface area contributed by atoms with Gasteiger partial charge in [-0.3, -0.25) is 4.79 Å². The fourth-order valence-electron chi connectivity index (χ4n) is 5.26. The van der Waals surface area contributed by atoms with Crippen LogP contribution in [0.5, 0.6) is 0 Å². The minimum absolute atomic E-state index is 0.0793. The Bertz CT molecular complexity index is 634. The van der Waals surface area contributed by atoms with Crippen molar-refractivity contribution in [2.24, 2.45) is 22.7 Å². The number of Topliss-reactive ketones (excluding diaryl/α,β-unsaturated/α-hetero) is 1. The van der Waals surface area contributed by atoms with Crippen LogP contribution in [0.1, 0.15) is 32.3 Å². The SMILES string of the molecule is C=C1[C@H]2[C@@H](CO)C[C@](C(=O)CCc3ccccc3)([C@H]2OC)C1(C)C. The number of hydrogen-bond acceptors (Lipinski definition) is 3. The lowest BCUT2D eigenvalue weighted by Gasteiger charge is -2.44. The van der Waals surface area contributed by atoms with Crippen LogP contribution in [0.2, 0.25) is 0 Å². The third-order valence-electron chi connectivity index (χ3n) is 6.69. The number of aliphatic hydroxyl groups is 1. The van der Waals surface area contributed by atoms with Crippen LogP contribution in [0.4, 0.5) is 0 Å². The first-order valence-electron chi connectivity index (χ1n) is 8.80. The summed E-state index contributed by atoms with van der Waals surface area (Å²) in [5.74, 6) is 0.412. The fraction of sp³-hybridized carbons (Fsp3) is 0.571. The van der Waals surface area contributed by atoms with Gasteiger partial charge in [-0.15, -0.1) is 0 Å². The maximum atomic E-state index is 13.4. The van der Waals surface area contributed by atoms with E-state index in [1.165, 1.54) is 5.56 Å². The second-order valence-electron chi connectivity index (χ2n) is 7.86. The molecule has 2 aliphatic carbocycles. The number of carbonyl (C=O) groups excluding carboxylic acids is 1. The van der Waals surface area contributed by atoms with Crippen molar-refractivity contribution in [3.8, 4) is 0 Å². The Labute approximate surface area is 144 Å². The van der Waals surface area contributed by atoms with Crippen molar-refractivity contribution in [2.45, 2.75) is 39.2 Å². The summed E-state index contributed by atoms with van der Waals surface area (Å²) in [6.07, 6.45) is 1.78. The molecule has 2 aliphatic rings. The highest BCUT2D eigenvalue weighted by Gasteiger charge is 2.71. The number of benzene rings is 1. The molecule has 0 aromatic heterocycles. The molecule has 0 unspecified atom stereocenters. The quantitative estimate of drug-likeness (QED) is 0.814. The lowest BCUT2D eigenvalue weighted by Crippen LogP contribution is -2.47. The molecule has 3 nitrogen and oxygen atoms in total. The monoisotopic (exact) mass is 328 g/mol. The van der Waals surface area contributed by atoms with Gasteiger partial charge >= 0.3 is 0 Å². The molecule has 2 saturated carbocycles. The van der Waals surface area contributed by atoms with Gasteiger partial charge in [0.15, 0.2) is 0 Å². The van der Waals surface area contributed by atoms with Gasteiger partial charge in [-0.05, 0) is 24.3 Å². The topological polar surface area (TPSA) is 46.5 Å². The lowest BCUT2D eigenvalue weighted by atomic mass is 9.58. The summed E-state index contributed by atoms with van der Waals surface area (Å²) in [6, 6.07) is 10.1. The molecule has 2 bridgehead atoms. The summed E-state index contributed by atoms with van der Waals surface area (Å²) in [5, 5.41) is 9.79. The van der Waals surface area contributed by atoms with Crippen LogP contribution >= 0.6 is 0 Å². The van der Waals surface area contributed by atoms with Gasteiger partial charge in [0, 0.05) is 31.5 Å². The molecule has 1 aromatic rings. The number of methoxy groups -OCH3 is 1. The second-order valence-corrected chi connectivity index (χ2v) is 7.86. The third-order valence-corrected chi connectivity index (χ3v) is 6.69. The normalized spacial score (nSPS) is 33.8. The van der Waals surface area contributed by atoms with Crippen molar-refractivity contribution in [2.75, 3.05) is 13.7 Å². The van der Waals surface area contributed by atoms with Gasteiger partial charge in [-0.25, -0.2) is 0 Å². The third kappa shape index (κ3) is 2.21. The van der Waals surface area contributed by atoms with Crippen molar-refractivity contribution >= 4 is 5.78 Å². The van der Waals surface area contributed by atoms with Gasteiger partial charge in [0.2, 0.25) is 0 Å². The van der Waals surface area contributed by atoms with E-state index in [9.17, 15) is 9.90 Å². The molecule has 0 radical (unpaired) electrons. The predicted molar refractivity (Wildman–Crippen MR) is 94.6 cm³/mol. The molecule has 0 spiro atoms. The lowest BCUT2D eigenvalue weighted by molar-refractivity contribution is -0.141. The van der Waals surface area contributed by atoms with Gasteiger partial charge in [0.25, 0.3) is 0 Å². The number of ether oxygens (including phenoxy) is 1. The van der Waals surface area contributed by atoms with E-state index in [0.29, 0.717) is 12.8 Å². The Morgan fingerprint density at radius 1 is 1.33 bits per heavy atom. The number of carbonyl (C=O) groups is 1. The summed E-state index contributed by atoms with van der Waals surface area (Å²) in [5.41, 5.74) is 1.38. The summed E-state index contributed by atoms with van der Waals surface area (Å²) in [4.78, 5) is 13.4. The van der Waals surface area contributed by atoms with Crippen molar-refractivity contribution in [3.05, 3.63) is 48.0 Å². The van der Waals surface area contributed by atoms with Crippen LogP contribution in [-0.4, -0.2) is 30.7 Å². The molecule has 3 rings (SSSR count). The summed E-state index contributed by atoms with van der Waals surface area (Å²) >= 11 is 0. The highest BCUT2D eigenvalue weighted by molar-refractivity contribution is 5.89. The zero-order valence-corrected chi connectivity index (χ0v) is 14.9. The first kappa shape index (κ1) is 17.4. The molecular formula is C21H28O3. The highest BCUT2D eigenvalue weighted by Crippen LogP contribution is 2.69. The molecule has 130 valence electrons. The van der Waals surface area contributed by atoms with E-state index in [0.717, 1.165) is 12.0 Å². The Morgan fingerprint density at radius 2 is 2.00 bits per heavy atom. The van der Waals surface area contributed by atoms with Gasteiger partial charge in [-0.2, -0.15) is 0 Å². The smallest absolute Gasteiger partial charge is 0.142 e. The van der Waals surface area contributed by atoms with Gasteiger partial charge < -0.3 is 9.84 Å². The van der Waals surface area contributed by atoms with Crippen molar-refractivity contribution in [1.82, 2.24) is 0 Å². The number of rotatable bonds is 6. The molecule has 2 fully saturated rings. The van der Waals surface area contributed by atoms with Crippen LogP contribution < -0.4 is 0 Å². The second kappa shape index (κ2) is 6.12. The summed E-state index contributed by atoms with van der Waals surface area (Å²) < 4.78 is 5.82. The van der Waals surface area contributed by atoms with E-state index in [2.05, 4.69) is 32.6 Å². The Kier molecular flexibility index (Phi) is 4.43. The number of fused-ring (bicyclic) bond motifs is 2. The summed E-state index contributed by atoms with van der Waals surface area (Å²) in [6.45, 7) is 8.62. The van der Waals surface area contributed by atoms with E-state index in [1.807, 2.05) is 18.2 Å². The minimum atomic E-state index is -0.564.